The van der Waals surface area contributed by atoms with Gasteiger partial charge in [0.05, 0.1) is 57.8 Å². The molecule has 0 spiro atoms. The summed E-state index contributed by atoms with van der Waals surface area (Å²) >= 11 is 0. The van der Waals surface area contributed by atoms with Gasteiger partial charge in [-0.05, 0) is 162 Å². The number of piperidine rings is 1. The normalized spacial score (nSPS) is 22.6. The second kappa shape index (κ2) is 41.6. The predicted molar refractivity (Wildman–Crippen MR) is 402 cm³/mol. The van der Waals surface area contributed by atoms with E-state index in [-0.39, 0.29) is 30.1 Å². The first-order valence-electron chi connectivity index (χ1n) is 37.6. The highest BCUT2D eigenvalue weighted by atomic mass is 19.3. The summed E-state index contributed by atoms with van der Waals surface area (Å²) in [7, 11) is 2.21. The van der Waals surface area contributed by atoms with Crippen molar-refractivity contribution in [3.63, 3.8) is 0 Å². The number of hydrogen-bond acceptors (Lipinski definition) is 11. The summed E-state index contributed by atoms with van der Waals surface area (Å²) < 4.78 is 41.6. The molecular formula is C79H166F2N8O4. The van der Waals surface area contributed by atoms with Crippen molar-refractivity contribution in [2.24, 2.45) is 64.6 Å². The summed E-state index contributed by atoms with van der Waals surface area (Å²) in [4.78, 5) is 28.0. The van der Waals surface area contributed by atoms with Crippen molar-refractivity contribution < 1.29 is 27.8 Å². The molecule has 2 bridgehead atoms. The molecule has 0 radical (unpaired) electrons. The molecule has 8 fully saturated rings. The van der Waals surface area contributed by atoms with Crippen molar-refractivity contribution in [3.05, 3.63) is 0 Å². The predicted octanol–water partition coefficient (Wildman–Crippen LogP) is 17.3. The van der Waals surface area contributed by atoms with Gasteiger partial charge < -0.3 is 24.4 Å². The number of likely N-dealkylation sites (tertiary alicyclic amines) is 1. The molecular weight excluding hydrogens is 1160 g/mol. The lowest BCUT2D eigenvalue weighted by Gasteiger charge is -2.53. The molecule has 0 aromatic heterocycles. The van der Waals surface area contributed by atoms with Gasteiger partial charge in [0.25, 0.3) is 5.92 Å². The van der Waals surface area contributed by atoms with Crippen molar-refractivity contribution in [3.8, 4) is 0 Å². The van der Waals surface area contributed by atoms with Crippen LogP contribution in [0.3, 0.4) is 0 Å². The molecule has 8 aliphatic rings. The average molecular weight is 1330 g/mol. The number of carbonyl (C=O) groups is 1. The molecule has 1 N–H and O–H groups in total. The Kier molecular flexibility index (Phi) is 42.1. The number of nitrogens with one attached hydrogen (secondary N) is 1. The molecule has 3 unspecified atom stereocenters. The topological polar surface area (TPSA) is 79.5 Å². The largest absolute Gasteiger partial charge is 0.379 e. The maximum atomic E-state index is 12.5. The first-order chi connectivity index (χ1) is 41.9. The number of hydrogen-bond donors (Lipinski definition) is 1. The number of halogens is 2. The molecule has 3 atom stereocenters. The molecule has 8 saturated heterocycles. The van der Waals surface area contributed by atoms with Crippen LogP contribution < -0.4 is 5.32 Å². The Hall–Kier alpha value is -1.07. The zero-order valence-corrected chi connectivity index (χ0v) is 69.5. The van der Waals surface area contributed by atoms with Crippen LogP contribution in [-0.2, 0) is 19.0 Å². The van der Waals surface area contributed by atoms with Gasteiger partial charge >= 0.3 is 0 Å². The minimum absolute atomic E-state index is 0.0713. The summed E-state index contributed by atoms with van der Waals surface area (Å²) in [5.74, 6) is 4.87. The lowest BCUT2D eigenvalue weighted by molar-refractivity contribution is -0.200. The summed E-state index contributed by atoms with van der Waals surface area (Å²) in [6.45, 7) is 99.4. The number of nitrogens with zero attached hydrogens (tertiary/aromatic N) is 7. The van der Waals surface area contributed by atoms with E-state index in [9.17, 15) is 13.6 Å². The van der Waals surface area contributed by atoms with Crippen molar-refractivity contribution >= 4 is 5.91 Å². The second-order valence-corrected chi connectivity index (χ2v) is 36.6. The van der Waals surface area contributed by atoms with E-state index >= 15 is 0 Å². The van der Waals surface area contributed by atoms with Crippen LogP contribution in [-0.4, -0.2) is 223 Å². The van der Waals surface area contributed by atoms with Crippen molar-refractivity contribution in [1.29, 1.82) is 0 Å². The van der Waals surface area contributed by atoms with E-state index < -0.39 is 5.92 Å². The third-order valence-corrected chi connectivity index (χ3v) is 23.8. The highest BCUT2D eigenvalue weighted by Gasteiger charge is 2.50. The van der Waals surface area contributed by atoms with E-state index in [0.717, 1.165) is 102 Å². The fourth-order valence-electron chi connectivity index (χ4n) is 9.93. The Morgan fingerprint density at radius 1 is 0.430 bits per heavy atom. The van der Waals surface area contributed by atoms with Gasteiger partial charge in [0.15, 0.2) is 0 Å². The highest BCUT2D eigenvalue weighted by Crippen LogP contribution is 2.37. The lowest BCUT2D eigenvalue weighted by Crippen LogP contribution is -2.65. The number of rotatable bonds is 13. The third kappa shape index (κ3) is 34.2. The molecule has 8 heterocycles. The molecule has 12 nitrogen and oxygen atoms in total. The number of likely N-dealkylation sites (N-methyl/N-ethyl adjacent to an activating group) is 1. The Labute approximate surface area is 580 Å². The van der Waals surface area contributed by atoms with Gasteiger partial charge in [0.1, 0.15) is 0 Å². The molecule has 0 saturated carbocycles. The number of fused-ring (bicyclic) bond motifs is 2. The van der Waals surface area contributed by atoms with Gasteiger partial charge in [-0.3, -0.25) is 34.2 Å². The summed E-state index contributed by atoms with van der Waals surface area (Å²) in [6, 6.07) is 0. The van der Waals surface area contributed by atoms with E-state index in [4.69, 9.17) is 14.2 Å². The lowest BCUT2D eigenvalue weighted by atomic mass is 9.84. The van der Waals surface area contributed by atoms with Crippen LogP contribution in [0.4, 0.5) is 8.78 Å². The van der Waals surface area contributed by atoms with E-state index in [1.807, 2.05) is 18.7 Å². The number of alkyl halides is 2. The summed E-state index contributed by atoms with van der Waals surface area (Å²) in [5, 5.41) is 2.84. The molecule has 0 aliphatic carbocycles. The van der Waals surface area contributed by atoms with Crippen LogP contribution in [0.25, 0.3) is 0 Å². The van der Waals surface area contributed by atoms with Crippen molar-refractivity contribution in [2.75, 3.05) is 125 Å². The zero-order valence-electron chi connectivity index (χ0n) is 69.5. The van der Waals surface area contributed by atoms with Crippen LogP contribution in [0.2, 0.25) is 0 Å². The summed E-state index contributed by atoms with van der Waals surface area (Å²) in [6.07, 6.45) is 2.77. The van der Waals surface area contributed by atoms with Gasteiger partial charge in [-0.15, -0.1) is 0 Å². The Balaban J connectivity index is 0. The number of piperazine rings is 2. The number of carbonyl (C=O) groups excluding carboxylic acids is 1. The molecule has 560 valence electrons. The van der Waals surface area contributed by atoms with E-state index in [2.05, 4.69) is 284 Å². The fourth-order valence-corrected chi connectivity index (χ4v) is 9.93. The van der Waals surface area contributed by atoms with Crippen LogP contribution in [0.15, 0.2) is 0 Å². The van der Waals surface area contributed by atoms with Crippen LogP contribution in [0, 0.1) is 64.6 Å². The maximum absolute atomic E-state index is 12.5. The molecule has 93 heavy (non-hydrogen) atoms. The zero-order chi connectivity index (χ0) is 73.4. The highest BCUT2D eigenvalue weighted by molar-refractivity contribution is 5.78. The van der Waals surface area contributed by atoms with Crippen LogP contribution in [0.1, 0.15) is 263 Å². The Bertz CT molecular complexity index is 1890. The molecule has 14 heteroatoms. The van der Waals surface area contributed by atoms with Gasteiger partial charge in [-0.2, -0.15) is 0 Å². The first kappa shape index (κ1) is 94.0. The van der Waals surface area contributed by atoms with Crippen LogP contribution in [0.5, 0.6) is 0 Å². The quantitative estimate of drug-likeness (QED) is 0.192. The Morgan fingerprint density at radius 2 is 0.742 bits per heavy atom. The first-order valence-corrected chi connectivity index (χ1v) is 37.6. The standard InChI is InChI=1S/C11H24N2.C11H21NO.C11H23NO.C10H20N2O.C10H21NO.C9H17F2N.C7H16.C6H14.C4H10/c1-10(2)11(3,4)13-8-6-12(5)7-9-13;1-8(2)11(3,4)12-6-9-5-10(7-12)13-9;1-9(2)11(4,5)12-6-7-13-10(3)8-12;1-8(2)10(3,4)12-6-5-11-9(13)7-12;1-9(2)10(3,4)11-5-7-12-8-6-11;1-7(2)8(3,4)12-5-9(10,11)6-12;1-6(2)7(3,4)5;1-5(2)6(3)4;1-4(2)3/h10H,6-9H2,1-5H3;8-10H,5-7H2,1-4H3;9-10H,6-8H2,1-5H3;8H,5-7H2,1-4H3,(H,11,13);9H,5-8H2,1-4H3;7H,5-6H2,1-4H3;6H,1-5H3;5-6H,1-4H3;4H,1-3H3. The van der Waals surface area contributed by atoms with Gasteiger partial charge in [0.2, 0.25) is 5.91 Å². The third-order valence-electron chi connectivity index (χ3n) is 23.8. The molecule has 1 amide bonds. The van der Waals surface area contributed by atoms with Gasteiger partial charge in [0, 0.05) is 118 Å². The monoisotopic (exact) mass is 1330 g/mol. The maximum Gasteiger partial charge on any atom is 0.272 e. The molecule has 8 aliphatic heterocycles. The van der Waals surface area contributed by atoms with E-state index in [1.54, 1.807) is 0 Å². The van der Waals surface area contributed by atoms with E-state index in [0.29, 0.717) is 82.0 Å². The molecule has 0 aromatic carbocycles. The fraction of sp³-hybridized carbons (Fsp3) is 0.987. The minimum atomic E-state index is -2.44. The van der Waals surface area contributed by atoms with Crippen LogP contribution >= 0.6 is 0 Å². The van der Waals surface area contributed by atoms with Gasteiger partial charge in [-0.1, -0.05) is 166 Å². The SMILES string of the molecule is CC(C)C.CC(C)C(C)(C)C.CC(C)C(C)(C)N1CC(F)(F)C1.CC(C)C(C)(C)N1CC2CC(C1)O2.CC(C)C(C)(C)N1CCN(C)CC1.CC(C)C(C)(C)N1CCNC(=O)C1.CC(C)C(C)(C)N1CCOCC1.CC(C)C(C)C.CC1CN(C(C)(C)C(C)C)CCO1. The molecule has 8 rings (SSSR count). The van der Waals surface area contributed by atoms with Gasteiger partial charge in [-0.25, -0.2) is 8.78 Å². The minimum Gasteiger partial charge on any atom is -0.379 e. The number of morpholine rings is 3. The number of amides is 1. The Morgan fingerprint density at radius 3 is 1.05 bits per heavy atom. The number of ether oxygens (including phenoxy) is 3. The smallest absolute Gasteiger partial charge is 0.272 e. The molecule has 0 aromatic rings. The average Bonchev–Trinajstić information content (AvgIpc) is 0.803. The van der Waals surface area contributed by atoms with Crippen molar-refractivity contribution in [1.82, 2.24) is 39.6 Å². The van der Waals surface area contributed by atoms with Crippen molar-refractivity contribution in [2.45, 2.75) is 320 Å². The van der Waals surface area contributed by atoms with E-state index in [1.165, 1.54) is 32.6 Å². The second-order valence-electron chi connectivity index (χ2n) is 36.6. The summed E-state index contributed by atoms with van der Waals surface area (Å²) in [5.41, 5.74) is 1.85.